The number of aryl methyl sites for hydroxylation is 3. The van der Waals surface area contributed by atoms with E-state index in [4.69, 9.17) is 0 Å². The van der Waals surface area contributed by atoms with Crippen LogP contribution in [0.5, 0.6) is 0 Å². The van der Waals surface area contributed by atoms with Crippen LogP contribution in [-0.2, 0) is 0 Å². The Balaban J connectivity index is 1.41. The lowest BCUT2D eigenvalue weighted by Gasteiger charge is -2.11. The van der Waals surface area contributed by atoms with Crippen molar-refractivity contribution in [2.24, 2.45) is 0 Å². The van der Waals surface area contributed by atoms with Gasteiger partial charge in [-0.2, -0.15) is 0 Å². The Bertz CT molecular complexity index is 1250. The minimum Gasteiger partial charge on any atom is -0.340 e. The Hall–Kier alpha value is -4.26. The average Bonchev–Trinajstić information content (AvgIpc) is 2.75. The number of amides is 1. The predicted molar refractivity (Wildman–Crippen MR) is 128 cm³/mol. The molecule has 1 amide bonds. The number of nitrogens with one attached hydrogen (secondary N) is 3. The molecule has 4 aromatic rings. The lowest BCUT2D eigenvalue weighted by molar-refractivity contribution is 0.102. The molecule has 4 rings (SSSR count). The SMILES string of the molecule is Cc1ccnc(Nc2cc(Nc3ccc(NC(=O)c4ccc(C)cc4C)cc3)ncn2)c1. The van der Waals surface area contributed by atoms with Gasteiger partial charge < -0.3 is 16.0 Å². The second-order valence-corrected chi connectivity index (χ2v) is 7.61. The minimum absolute atomic E-state index is 0.125. The summed E-state index contributed by atoms with van der Waals surface area (Å²) < 4.78 is 0. The van der Waals surface area contributed by atoms with Gasteiger partial charge in [0.25, 0.3) is 5.91 Å². The third kappa shape index (κ3) is 5.26. The van der Waals surface area contributed by atoms with Crippen molar-refractivity contribution in [2.45, 2.75) is 20.8 Å². The third-order valence-electron chi connectivity index (χ3n) is 4.88. The molecule has 160 valence electrons. The van der Waals surface area contributed by atoms with Crippen LogP contribution in [-0.4, -0.2) is 20.9 Å². The second kappa shape index (κ2) is 9.26. The largest absolute Gasteiger partial charge is 0.340 e. The molecule has 0 bridgehead atoms. The molecule has 0 aliphatic rings. The number of carbonyl (C=O) groups is 1. The Morgan fingerprint density at radius 3 is 2.06 bits per heavy atom. The first-order valence-corrected chi connectivity index (χ1v) is 10.2. The lowest BCUT2D eigenvalue weighted by Crippen LogP contribution is -2.13. The fourth-order valence-corrected chi connectivity index (χ4v) is 3.28. The molecule has 0 radical (unpaired) electrons. The fourth-order valence-electron chi connectivity index (χ4n) is 3.28. The van der Waals surface area contributed by atoms with Crippen LogP contribution < -0.4 is 16.0 Å². The molecule has 2 aromatic carbocycles. The zero-order chi connectivity index (χ0) is 22.5. The first-order valence-electron chi connectivity index (χ1n) is 10.2. The third-order valence-corrected chi connectivity index (χ3v) is 4.88. The highest BCUT2D eigenvalue weighted by atomic mass is 16.1. The summed E-state index contributed by atoms with van der Waals surface area (Å²) in [5, 5.41) is 9.36. The lowest BCUT2D eigenvalue weighted by atomic mass is 10.1. The number of pyridine rings is 1. The zero-order valence-electron chi connectivity index (χ0n) is 18.2. The van der Waals surface area contributed by atoms with Gasteiger partial charge in [0.2, 0.25) is 0 Å². The molecule has 7 nitrogen and oxygen atoms in total. The van der Waals surface area contributed by atoms with E-state index < -0.39 is 0 Å². The van der Waals surface area contributed by atoms with Crippen LogP contribution in [0.4, 0.5) is 28.8 Å². The van der Waals surface area contributed by atoms with E-state index in [2.05, 4.69) is 30.9 Å². The van der Waals surface area contributed by atoms with Crippen molar-refractivity contribution in [3.63, 3.8) is 0 Å². The van der Waals surface area contributed by atoms with Gasteiger partial charge in [0.05, 0.1) is 0 Å². The van der Waals surface area contributed by atoms with Gasteiger partial charge in [-0.1, -0.05) is 17.7 Å². The molecule has 0 unspecified atom stereocenters. The molecule has 0 saturated heterocycles. The first kappa shape index (κ1) is 21.0. The number of rotatable bonds is 6. The summed E-state index contributed by atoms with van der Waals surface area (Å²) in [6, 6.07) is 18.9. The van der Waals surface area contributed by atoms with Crippen molar-refractivity contribution in [1.29, 1.82) is 0 Å². The van der Waals surface area contributed by atoms with E-state index in [0.717, 1.165) is 33.9 Å². The van der Waals surface area contributed by atoms with Crippen LogP contribution in [0.3, 0.4) is 0 Å². The summed E-state index contributed by atoms with van der Waals surface area (Å²) in [4.78, 5) is 25.4. The van der Waals surface area contributed by atoms with Crippen LogP contribution >= 0.6 is 0 Å². The van der Waals surface area contributed by atoms with Gasteiger partial charge in [0, 0.05) is 29.2 Å². The molecular formula is C25H24N6O. The van der Waals surface area contributed by atoms with Gasteiger partial charge in [-0.25, -0.2) is 15.0 Å². The smallest absolute Gasteiger partial charge is 0.255 e. The van der Waals surface area contributed by atoms with Crippen molar-refractivity contribution >= 4 is 34.7 Å². The summed E-state index contributed by atoms with van der Waals surface area (Å²) in [7, 11) is 0. The second-order valence-electron chi connectivity index (χ2n) is 7.61. The number of carbonyl (C=O) groups excluding carboxylic acids is 1. The molecule has 0 spiro atoms. The summed E-state index contributed by atoms with van der Waals surface area (Å²) in [5.74, 6) is 1.87. The number of aromatic nitrogens is 3. The zero-order valence-corrected chi connectivity index (χ0v) is 18.2. The topological polar surface area (TPSA) is 91.8 Å². The Labute approximate surface area is 187 Å². The molecule has 0 atom stereocenters. The van der Waals surface area contributed by atoms with E-state index in [1.54, 1.807) is 12.3 Å². The number of benzene rings is 2. The molecule has 0 aliphatic heterocycles. The minimum atomic E-state index is -0.125. The normalized spacial score (nSPS) is 10.5. The molecule has 3 N–H and O–H groups in total. The maximum atomic E-state index is 12.6. The van der Waals surface area contributed by atoms with E-state index in [-0.39, 0.29) is 5.91 Å². The summed E-state index contributed by atoms with van der Waals surface area (Å²) in [6.45, 7) is 5.96. The molecule has 0 saturated carbocycles. The van der Waals surface area contributed by atoms with Crippen molar-refractivity contribution in [1.82, 2.24) is 15.0 Å². The monoisotopic (exact) mass is 424 g/mol. The number of nitrogens with zero attached hydrogens (tertiary/aromatic N) is 3. The molecule has 7 heteroatoms. The van der Waals surface area contributed by atoms with Gasteiger partial charge in [0.1, 0.15) is 23.8 Å². The highest BCUT2D eigenvalue weighted by Crippen LogP contribution is 2.21. The number of hydrogen-bond acceptors (Lipinski definition) is 6. The fraction of sp³-hybridized carbons (Fsp3) is 0.120. The van der Waals surface area contributed by atoms with Crippen molar-refractivity contribution in [2.75, 3.05) is 16.0 Å². The van der Waals surface area contributed by atoms with Gasteiger partial charge in [0.15, 0.2) is 0 Å². The quantitative estimate of drug-likeness (QED) is 0.377. The van der Waals surface area contributed by atoms with E-state index >= 15 is 0 Å². The van der Waals surface area contributed by atoms with E-state index in [9.17, 15) is 4.79 Å². The van der Waals surface area contributed by atoms with Gasteiger partial charge in [-0.05, 0) is 74.4 Å². The number of hydrogen-bond donors (Lipinski definition) is 3. The van der Waals surface area contributed by atoms with Crippen LogP contribution in [0.2, 0.25) is 0 Å². The molecule has 0 aliphatic carbocycles. The van der Waals surface area contributed by atoms with Crippen LogP contribution in [0, 0.1) is 20.8 Å². The Morgan fingerprint density at radius 2 is 1.34 bits per heavy atom. The highest BCUT2D eigenvalue weighted by molar-refractivity contribution is 6.05. The Kier molecular flexibility index (Phi) is 6.07. The van der Waals surface area contributed by atoms with E-state index in [1.165, 1.54) is 6.33 Å². The summed E-state index contributed by atoms with van der Waals surface area (Å²) in [5.41, 5.74) is 5.42. The Morgan fingerprint density at radius 1 is 0.688 bits per heavy atom. The molecule has 2 aromatic heterocycles. The van der Waals surface area contributed by atoms with E-state index in [1.807, 2.05) is 75.4 Å². The van der Waals surface area contributed by atoms with Gasteiger partial charge >= 0.3 is 0 Å². The van der Waals surface area contributed by atoms with Crippen molar-refractivity contribution in [3.8, 4) is 0 Å². The van der Waals surface area contributed by atoms with Crippen LogP contribution in [0.1, 0.15) is 27.0 Å². The average molecular weight is 425 g/mol. The summed E-state index contributed by atoms with van der Waals surface area (Å²) >= 11 is 0. The molecule has 32 heavy (non-hydrogen) atoms. The van der Waals surface area contributed by atoms with Crippen LogP contribution in [0.15, 0.2) is 73.2 Å². The van der Waals surface area contributed by atoms with E-state index in [0.29, 0.717) is 17.2 Å². The van der Waals surface area contributed by atoms with Gasteiger partial charge in [-0.3, -0.25) is 4.79 Å². The maximum Gasteiger partial charge on any atom is 0.255 e. The highest BCUT2D eigenvalue weighted by Gasteiger charge is 2.09. The molecule has 0 fully saturated rings. The molecular weight excluding hydrogens is 400 g/mol. The number of anilines is 5. The first-order chi connectivity index (χ1) is 15.5. The predicted octanol–water partition coefficient (Wildman–Crippen LogP) is 5.54. The van der Waals surface area contributed by atoms with Crippen LogP contribution in [0.25, 0.3) is 0 Å². The van der Waals surface area contributed by atoms with Crippen molar-refractivity contribution < 1.29 is 4.79 Å². The van der Waals surface area contributed by atoms with Gasteiger partial charge in [-0.15, -0.1) is 0 Å². The maximum absolute atomic E-state index is 12.6. The summed E-state index contributed by atoms with van der Waals surface area (Å²) in [6.07, 6.45) is 3.23. The molecule has 2 heterocycles. The van der Waals surface area contributed by atoms with Crippen molar-refractivity contribution in [3.05, 3.63) is 95.4 Å². The standard InChI is InChI=1S/C25H24N6O/c1-16-4-9-21(18(3)12-16)25(32)30-20-7-5-19(6-8-20)29-23-14-24(28-15-27-23)31-22-13-17(2)10-11-26-22/h4-15H,1-3H3,(H,30,32)(H2,26,27,28,29,31).